The highest BCUT2D eigenvalue weighted by Crippen LogP contribution is 2.12. The van der Waals surface area contributed by atoms with E-state index in [-0.39, 0.29) is 25.2 Å². The van der Waals surface area contributed by atoms with Gasteiger partial charge in [0.15, 0.2) is 0 Å². The van der Waals surface area contributed by atoms with Crippen molar-refractivity contribution >= 4 is 12.0 Å². The van der Waals surface area contributed by atoms with Crippen molar-refractivity contribution in [1.29, 1.82) is 5.26 Å². The van der Waals surface area contributed by atoms with E-state index in [1.165, 1.54) is 0 Å². The van der Waals surface area contributed by atoms with Crippen LogP contribution in [0, 0.1) is 11.3 Å². The third-order valence-corrected chi connectivity index (χ3v) is 3.26. The summed E-state index contributed by atoms with van der Waals surface area (Å²) in [6, 6.07) is 8.95. The van der Waals surface area contributed by atoms with Gasteiger partial charge in [0.2, 0.25) is 0 Å². The lowest BCUT2D eigenvalue weighted by Gasteiger charge is -2.25. The quantitative estimate of drug-likeness (QED) is 0.556. The molecule has 3 N–H and O–H groups in total. The molecule has 0 radical (unpaired) electrons. The Hall–Kier alpha value is -3.05. The van der Waals surface area contributed by atoms with Gasteiger partial charge in [-0.15, -0.1) is 0 Å². The second-order valence-corrected chi connectivity index (χ2v) is 6.65. The Labute approximate surface area is 159 Å². The van der Waals surface area contributed by atoms with Crippen LogP contribution in [0.1, 0.15) is 26.3 Å². The Balaban J connectivity index is 2.82. The zero-order valence-electron chi connectivity index (χ0n) is 16.1. The van der Waals surface area contributed by atoms with Crippen LogP contribution < -0.4 is 15.8 Å². The zero-order valence-corrected chi connectivity index (χ0v) is 16.1. The van der Waals surface area contributed by atoms with Gasteiger partial charge in [-0.05, 0) is 38.5 Å². The minimum atomic E-state index is -0.707. The van der Waals surface area contributed by atoms with Crippen molar-refractivity contribution in [2.45, 2.75) is 32.9 Å². The lowest BCUT2D eigenvalue weighted by Crippen LogP contribution is -2.37. The van der Waals surface area contributed by atoms with E-state index in [1.807, 2.05) is 0 Å². The molecular formula is C19H26N4O4. The van der Waals surface area contributed by atoms with Gasteiger partial charge in [0.25, 0.3) is 5.91 Å². The normalized spacial score (nSPS) is 11.3. The van der Waals surface area contributed by atoms with Crippen molar-refractivity contribution in [3.63, 3.8) is 0 Å². The van der Waals surface area contributed by atoms with E-state index in [4.69, 9.17) is 15.2 Å². The molecule has 0 unspecified atom stereocenters. The van der Waals surface area contributed by atoms with E-state index in [1.54, 1.807) is 58.2 Å². The number of carbonyl (C=O) groups is 2. The summed E-state index contributed by atoms with van der Waals surface area (Å²) in [6.07, 6.45) is 0.480. The first kappa shape index (κ1) is 22.0. The summed E-state index contributed by atoms with van der Waals surface area (Å²) in [5, 5.41) is 11.9. The molecule has 0 saturated heterocycles. The average Bonchev–Trinajstić information content (AvgIpc) is 2.62. The average molecular weight is 374 g/mol. The smallest absolute Gasteiger partial charge is 0.414 e. The van der Waals surface area contributed by atoms with Crippen molar-refractivity contribution in [3.8, 4) is 11.8 Å². The number of benzene rings is 1. The maximum atomic E-state index is 12.3. The highest BCUT2D eigenvalue weighted by molar-refractivity contribution is 5.97. The number of methoxy groups -OCH3 is 1. The number of nitrogens with one attached hydrogen (secondary N) is 1. The molecule has 27 heavy (non-hydrogen) atoms. The predicted molar refractivity (Wildman–Crippen MR) is 101 cm³/mol. The number of nitrogens with zero attached hydrogens (tertiary/aromatic N) is 2. The molecule has 0 heterocycles. The molecule has 8 heteroatoms. The summed E-state index contributed by atoms with van der Waals surface area (Å²) in [5.41, 5.74) is 5.42. The van der Waals surface area contributed by atoms with Crippen LogP contribution in [-0.4, -0.2) is 42.7 Å². The molecule has 1 rings (SSSR count). The molecule has 0 saturated carbocycles. The van der Waals surface area contributed by atoms with E-state index in [9.17, 15) is 14.9 Å². The summed E-state index contributed by atoms with van der Waals surface area (Å²) < 4.78 is 10.3. The monoisotopic (exact) mass is 374 g/mol. The molecule has 1 aromatic carbocycles. The summed E-state index contributed by atoms with van der Waals surface area (Å²) >= 11 is 0. The van der Waals surface area contributed by atoms with Crippen LogP contribution in [0.3, 0.4) is 0 Å². The molecule has 1 aromatic rings. The molecule has 8 nitrogen and oxygen atoms in total. The van der Waals surface area contributed by atoms with Crippen molar-refractivity contribution in [2.75, 3.05) is 20.2 Å². The molecule has 0 aliphatic heterocycles. The lowest BCUT2D eigenvalue weighted by molar-refractivity contribution is -0.117. The van der Waals surface area contributed by atoms with Crippen LogP contribution >= 0.6 is 0 Å². The summed E-state index contributed by atoms with van der Waals surface area (Å²) in [4.78, 5) is 25.6. The molecule has 0 fully saturated rings. The van der Waals surface area contributed by atoms with Crippen LogP contribution in [0.2, 0.25) is 0 Å². The summed E-state index contributed by atoms with van der Waals surface area (Å²) in [5.74, 6) is 0.108. The Morgan fingerprint density at radius 2 is 1.93 bits per heavy atom. The zero-order chi connectivity index (χ0) is 20.4. The number of hydrogen-bond donors (Lipinski definition) is 2. The Kier molecular flexibility index (Phi) is 8.30. The highest BCUT2D eigenvalue weighted by Gasteiger charge is 2.22. The van der Waals surface area contributed by atoms with Gasteiger partial charge in [-0.1, -0.05) is 12.1 Å². The number of nitrogens with two attached hydrogens (primary N) is 1. The number of nitriles is 1. The van der Waals surface area contributed by atoms with E-state index < -0.39 is 17.6 Å². The standard InChI is InChI=1S/C19H26N4O4/c1-19(2,3)27-18(25)23(10-9-20)13-15(11-21)17(24)22-12-14-5-7-16(26-4)8-6-14/h5-8,13H,9-10,12,20H2,1-4H3,(H,22,24)/b15-13-. The molecule has 0 aliphatic rings. The number of ether oxygens (including phenoxy) is 2. The fourth-order valence-electron chi connectivity index (χ4n) is 1.98. The van der Waals surface area contributed by atoms with Crippen LogP contribution in [0.15, 0.2) is 36.0 Å². The molecule has 0 spiro atoms. The van der Waals surface area contributed by atoms with E-state index in [2.05, 4.69) is 5.32 Å². The van der Waals surface area contributed by atoms with Crippen molar-refractivity contribution in [2.24, 2.45) is 5.73 Å². The molecule has 146 valence electrons. The molecule has 0 bridgehead atoms. The number of amides is 2. The van der Waals surface area contributed by atoms with Gasteiger partial charge in [-0.2, -0.15) is 5.26 Å². The minimum absolute atomic E-state index is 0.117. The first-order valence-electron chi connectivity index (χ1n) is 8.43. The van der Waals surface area contributed by atoms with E-state index >= 15 is 0 Å². The summed E-state index contributed by atoms with van der Waals surface area (Å²) in [6.45, 7) is 5.67. The summed E-state index contributed by atoms with van der Waals surface area (Å²) in [7, 11) is 1.57. The minimum Gasteiger partial charge on any atom is -0.497 e. The van der Waals surface area contributed by atoms with Crippen LogP contribution in [-0.2, 0) is 16.1 Å². The SMILES string of the molecule is COc1ccc(CNC(=O)/C(C#N)=C\N(CCN)C(=O)OC(C)(C)C)cc1. The van der Waals surface area contributed by atoms with Crippen molar-refractivity contribution in [3.05, 3.63) is 41.6 Å². The van der Waals surface area contributed by atoms with Gasteiger partial charge in [0.1, 0.15) is 23.0 Å². The number of rotatable bonds is 7. The lowest BCUT2D eigenvalue weighted by atomic mass is 10.2. The van der Waals surface area contributed by atoms with Crippen molar-refractivity contribution < 1.29 is 19.1 Å². The Morgan fingerprint density at radius 1 is 1.30 bits per heavy atom. The highest BCUT2D eigenvalue weighted by atomic mass is 16.6. The van der Waals surface area contributed by atoms with E-state index in [0.29, 0.717) is 5.75 Å². The fourth-order valence-corrected chi connectivity index (χ4v) is 1.98. The van der Waals surface area contributed by atoms with Gasteiger partial charge < -0.3 is 20.5 Å². The predicted octanol–water partition coefficient (Wildman–Crippen LogP) is 1.91. The largest absolute Gasteiger partial charge is 0.497 e. The number of hydrogen-bond acceptors (Lipinski definition) is 6. The van der Waals surface area contributed by atoms with Crippen LogP contribution in [0.25, 0.3) is 0 Å². The maximum absolute atomic E-state index is 12.3. The maximum Gasteiger partial charge on any atom is 0.414 e. The Bertz CT molecular complexity index is 715. The molecule has 0 aromatic heterocycles. The van der Waals surface area contributed by atoms with Gasteiger partial charge >= 0.3 is 6.09 Å². The fraction of sp³-hybridized carbons (Fsp3) is 0.421. The van der Waals surface area contributed by atoms with Gasteiger partial charge in [0, 0.05) is 25.8 Å². The van der Waals surface area contributed by atoms with E-state index in [0.717, 1.165) is 16.7 Å². The molecule has 2 amide bonds. The third-order valence-electron chi connectivity index (χ3n) is 3.26. The van der Waals surface area contributed by atoms with Gasteiger partial charge in [-0.3, -0.25) is 9.69 Å². The van der Waals surface area contributed by atoms with Crippen LogP contribution in [0.5, 0.6) is 5.75 Å². The van der Waals surface area contributed by atoms with Crippen LogP contribution in [0.4, 0.5) is 4.79 Å². The van der Waals surface area contributed by atoms with Gasteiger partial charge in [-0.25, -0.2) is 4.79 Å². The van der Waals surface area contributed by atoms with Crippen molar-refractivity contribution in [1.82, 2.24) is 10.2 Å². The third kappa shape index (κ3) is 7.79. The Morgan fingerprint density at radius 3 is 2.41 bits per heavy atom. The van der Waals surface area contributed by atoms with Gasteiger partial charge in [0.05, 0.1) is 7.11 Å². The second kappa shape index (κ2) is 10.2. The molecule has 0 atom stereocenters. The topological polar surface area (TPSA) is 118 Å². The second-order valence-electron chi connectivity index (χ2n) is 6.65. The molecular weight excluding hydrogens is 348 g/mol. The first-order valence-corrected chi connectivity index (χ1v) is 8.43. The number of carbonyl (C=O) groups excluding carboxylic acids is 2. The first-order chi connectivity index (χ1) is 12.7. The molecule has 0 aliphatic carbocycles.